The van der Waals surface area contributed by atoms with Crippen LogP contribution in [0.1, 0.15) is 24.2 Å². The van der Waals surface area contributed by atoms with Crippen LogP contribution in [0, 0.1) is 0 Å². The molecule has 0 fully saturated rings. The molecule has 0 radical (unpaired) electrons. The minimum Gasteiger partial charge on any atom is -0.478 e. The van der Waals surface area contributed by atoms with E-state index >= 15 is 0 Å². The summed E-state index contributed by atoms with van der Waals surface area (Å²) in [6.07, 6.45) is 3.45. The van der Waals surface area contributed by atoms with E-state index in [4.69, 9.17) is 4.74 Å². The molecule has 0 aromatic heterocycles. The SMILES string of the molecule is CC1=C(C)OC(Nc2ccc(Br)cc2C(=O)O)C=C1. The van der Waals surface area contributed by atoms with Crippen LogP contribution in [-0.2, 0) is 4.74 Å². The molecule has 0 saturated carbocycles. The molecule has 5 heteroatoms. The molecular weight excluding hydrogens is 310 g/mol. The zero-order valence-corrected chi connectivity index (χ0v) is 12.2. The van der Waals surface area contributed by atoms with Crippen molar-refractivity contribution in [1.29, 1.82) is 0 Å². The second kappa shape index (κ2) is 5.48. The van der Waals surface area contributed by atoms with Gasteiger partial charge in [0.15, 0.2) is 6.23 Å². The van der Waals surface area contributed by atoms with Gasteiger partial charge in [0.2, 0.25) is 0 Å². The number of benzene rings is 1. The Hall–Kier alpha value is -1.75. The number of ether oxygens (including phenoxy) is 1. The van der Waals surface area contributed by atoms with Gasteiger partial charge in [0.05, 0.1) is 17.0 Å². The van der Waals surface area contributed by atoms with Crippen LogP contribution in [0.3, 0.4) is 0 Å². The second-order valence-corrected chi connectivity index (χ2v) is 5.19. The maximum absolute atomic E-state index is 11.2. The molecule has 0 spiro atoms. The van der Waals surface area contributed by atoms with Gasteiger partial charge in [0.25, 0.3) is 0 Å². The molecule has 1 heterocycles. The number of allylic oxidation sites excluding steroid dienone is 3. The lowest BCUT2D eigenvalue weighted by molar-refractivity contribution is 0.0697. The predicted octanol–water partition coefficient (Wildman–Crippen LogP) is 3.77. The van der Waals surface area contributed by atoms with Crippen molar-refractivity contribution in [2.45, 2.75) is 20.1 Å². The van der Waals surface area contributed by atoms with E-state index in [1.807, 2.05) is 26.0 Å². The largest absolute Gasteiger partial charge is 0.478 e. The molecule has 19 heavy (non-hydrogen) atoms. The minimum atomic E-state index is -0.980. The fraction of sp³-hybridized carbons (Fsp3) is 0.214. The Morgan fingerprint density at radius 1 is 1.42 bits per heavy atom. The molecule has 0 bridgehead atoms. The summed E-state index contributed by atoms with van der Waals surface area (Å²) in [6, 6.07) is 5.06. The van der Waals surface area contributed by atoms with Gasteiger partial charge in [-0.05, 0) is 43.7 Å². The van der Waals surface area contributed by atoms with Crippen molar-refractivity contribution in [2.24, 2.45) is 0 Å². The molecule has 1 atom stereocenters. The molecule has 4 nitrogen and oxygen atoms in total. The monoisotopic (exact) mass is 323 g/mol. The third kappa shape index (κ3) is 3.17. The van der Waals surface area contributed by atoms with E-state index in [0.29, 0.717) is 5.69 Å². The number of anilines is 1. The number of carboxylic acids is 1. The van der Waals surface area contributed by atoms with E-state index in [-0.39, 0.29) is 11.8 Å². The van der Waals surface area contributed by atoms with Gasteiger partial charge in [-0.25, -0.2) is 4.79 Å². The first-order valence-electron chi connectivity index (χ1n) is 5.79. The van der Waals surface area contributed by atoms with Gasteiger partial charge in [0.1, 0.15) is 0 Å². The molecular formula is C14H14BrNO3. The maximum atomic E-state index is 11.2. The summed E-state index contributed by atoms with van der Waals surface area (Å²) < 4.78 is 6.37. The number of hydrogen-bond acceptors (Lipinski definition) is 3. The summed E-state index contributed by atoms with van der Waals surface area (Å²) in [7, 11) is 0. The molecule has 0 saturated heterocycles. The van der Waals surface area contributed by atoms with Gasteiger partial charge in [-0.1, -0.05) is 22.0 Å². The second-order valence-electron chi connectivity index (χ2n) is 4.28. The van der Waals surface area contributed by atoms with Gasteiger partial charge >= 0.3 is 5.97 Å². The Bertz CT molecular complexity index is 578. The molecule has 100 valence electrons. The molecule has 1 aromatic rings. The number of carboxylic acid groups (broad SMARTS) is 1. The Morgan fingerprint density at radius 3 is 2.79 bits per heavy atom. The van der Waals surface area contributed by atoms with Crippen molar-refractivity contribution in [3.63, 3.8) is 0 Å². The standard InChI is InChI=1S/C14H14BrNO3/c1-8-3-6-13(19-9(8)2)16-12-5-4-10(15)7-11(12)14(17)18/h3-7,13,16H,1-2H3,(H,17,18). The fourth-order valence-electron chi connectivity index (χ4n) is 1.72. The molecule has 1 aliphatic rings. The van der Waals surface area contributed by atoms with Crippen LogP contribution in [0.5, 0.6) is 0 Å². The third-order valence-electron chi connectivity index (χ3n) is 2.89. The topological polar surface area (TPSA) is 58.6 Å². The number of nitrogens with one attached hydrogen (secondary N) is 1. The van der Waals surface area contributed by atoms with Crippen molar-refractivity contribution in [2.75, 3.05) is 5.32 Å². The fourth-order valence-corrected chi connectivity index (χ4v) is 2.08. The quantitative estimate of drug-likeness (QED) is 0.889. The summed E-state index contributed by atoms with van der Waals surface area (Å²) in [4.78, 5) is 11.2. The highest BCUT2D eigenvalue weighted by Gasteiger charge is 2.16. The molecule has 2 N–H and O–H groups in total. The van der Waals surface area contributed by atoms with Crippen molar-refractivity contribution in [3.05, 3.63) is 51.7 Å². The summed E-state index contributed by atoms with van der Waals surface area (Å²) in [5.41, 5.74) is 1.79. The lowest BCUT2D eigenvalue weighted by atomic mass is 10.1. The lowest BCUT2D eigenvalue weighted by Gasteiger charge is -2.23. The summed E-state index contributed by atoms with van der Waals surface area (Å²) in [5, 5.41) is 12.2. The number of halogens is 1. The third-order valence-corrected chi connectivity index (χ3v) is 3.38. The van der Waals surface area contributed by atoms with Gasteiger partial charge in [-0.2, -0.15) is 0 Å². The van der Waals surface area contributed by atoms with E-state index in [9.17, 15) is 9.90 Å². The lowest BCUT2D eigenvalue weighted by Crippen LogP contribution is -2.23. The summed E-state index contributed by atoms with van der Waals surface area (Å²) >= 11 is 3.26. The Kier molecular flexibility index (Phi) is 3.95. The number of hydrogen-bond donors (Lipinski definition) is 2. The minimum absolute atomic E-state index is 0.204. The Balaban J connectivity index is 2.21. The molecule has 2 rings (SSSR count). The van der Waals surface area contributed by atoms with Gasteiger partial charge in [0, 0.05) is 4.47 Å². The Morgan fingerprint density at radius 2 is 2.16 bits per heavy atom. The first-order chi connectivity index (χ1) is 8.97. The summed E-state index contributed by atoms with van der Waals surface area (Å²) in [5.74, 6) is -0.152. The number of rotatable bonds is 3. The van der Waals surface area contributed by atoms with Crippen LogP contribution >= 0.6 is 15.9 Å². The predicted molar refractivity (Wildman–Crippen MR) is 77.1 cm³/mol. The van der Waals surface area contributed by atoms with Gasteiger partial charge in [-0.15, -0.1) is 0 Å². The van der Waals surface area contributed by atoms with E-state index in [2.05, 4.69) is 21.2 Å². The van der Waals surface area contributed by atoms with Gasteiger partial charge < -0.3 is 15.2 Å². The average Bonchev–Trinajstić information content (AvgIpc) is 2.36. The van der Waals surface area contributed by atoms with Crippen molar-refractivity contribution < 1.29 is 14.6 Å². The van der Waals surface area contributed by atoms with Crippen molar-refractivity contribution >= 4 is 27.6 Å². The highest BCUT2D eigenvalue weighted by Crippen LogP contribution is 2.24. The average molecular weight is 324 g/mol. The first-order valence-corrected chi connectivity index (χ1v) is 6.58. The van der Waals surface area contributed by atoms with E-state index in [1.54, 1.807) is 18.2 Å². The van der Waals surface area contributed by atoms with Crippen LogP contribution in [-0.4, -0.2) is 17.3 Å². The molecule has 0 amide bonds. The smallest absolute Gasteiger partial charge is 0.337 e. The van der Waals surface area contributed by atoms with E-state index < -0.39 is 5.97 Å². The van der Waals surface area contributed by atoms with Crippen molar-refractivity contribution in [3.8, 4) is 0 Å². The van der Waals surface area contributed by atoms with Crippen LogP contribution in [0.2, 0.25) is 0 Å². The van der Waals surface area contributed by atoms with Crippen LogP contribution in [0.4, 0.5) is 5.69 Å². The van der Waals surface area contributed by atoms with E-state index in [1.165, 1.54) is 0 Å². The summed E-state index contributed by atoms with van der Waals surface area (Å²) in [6.45, 7) is 3.84. The first kappa shape index (κ1) is 13.7. The zero-order valence-electron chi connectivity index (χ0n) is 10.6. The Labute approximate surface area is 119 Å². The van der Waals surface area contributed by atoms with Crippen LogP contribution in [0.25, 0.3) is 0 Å². The zero-order chi connectivity index (χ0) is 14.0. The maximum Gasteiger partial charge on any atom is 0.337 e. The molecule has 1 aromatic carbocycles. The van der Waals surface area contributed by atoms with E-state index in [0.717, 1.165) is 15.8 Å². The number of aromatic carboxylic acids is 1. The normalized spacial score (nSPS) is 18.2. The van der Waals surface area contributed by atoms with Gasteiger partial charge in [-0.3, -0.25) is 0 Å². The van der Waals surface area contributed by atoms with Crippen LogP contribution < -0.4 is 5.32 Å². The van der Waals surface area contributed by atoms with Crippen LogP contribution in [0.15, 0.2) is 46.2 Å². The highest BCUT2D eigenvalue weighted by atomic mass is 79.9. The van der Waals surface area contributed by atoms with Crippen molar-refractivity contribution in [1.82, 2.24) is 0 Å². The molecule has 1 unspecified atom stereocenters. The molecule has 1 aliphatic heterocycles. The highest BCUT2D eigenvalue weighted by molar-refractivity contribution is 9.10. The molecule has 0 aliphatic carbocycles. The number of carbonyl (C=O) groups is 1.